The van der Waals surface area contributed by atoms with Crippen molar-refractivity contribution in [3.63, 3.8) is 0 Å². The summed E-state index contributed by atoms with van der Waals surface area (Å²) in [6.45, 7) is 0.747. The lowest BCUT2D eigenvalue weighted by molar-refractivity contribution is -0.117. The Balaban J connectivity index is 1.25. The van der Waals surface area contributed by atoms with Crippen LogP contribution in [0.2, 0.25) is 10.0 Å². The average molecular weight is 509 g/mol. The molecule has 1 aliphatic rings. The van der Waals surface area contributed by atoms with Crippen LogP contribution in [0.25, 0.3) is 0 Å². The second kappa shape index (κ2) is 10.5. The van der Waals surface area contributed by atoms with Crippen LogP contribution in [0, 0.1) is 5.82 Å². The van der Waals surface area contributed by atoms with Crippen molar-refractivity contribution in [3.8, 4) is 5.75 Å². The van der Waals surface area contributed by atoms with Crippen LogP contribution in [0.15, 0.2) is 42.5 Å². The fraction of sp³-hybridized carbons (Fsp3) is 0.273. The maximum atomic E-state index is 13.2. The van der Waals surface area contributed by atoms with Crippen LogP contribution < -0.4 is 15.0 Å². The topological polar surface area (TPSA) is 84.4 Å². The van der Waals surface area contributed by atoms with Gasteiger partial charge < -0.3 is 15.0 Å². The van der Waals surface area contributed by atoms with E-state index in [0.29, 0.717) is 51.2 Å². The lowest BCUT2D eigenvalue weighted by Gasteiger charge is -2.16. The Morgan fingerprint density at radius 3 is 2.76 bits per heavy atom. The average Bonchev–Trinajstić information content (AvgIpc) is 3.39. The highest BCUT2D eigenvalue weighted by Crippen LogP contribution is 2.34. The van der Waals surface area contributed by atoms with E-state index in [4.69, 9.17) is 27.9 Å². The number of aromatic nitrogens is 2. The predicted octanol–water partition coefficient (Wildman–Crippen LogP) is 5.30. The van der Waals surface area contributed by atoms with Crippen LogP contribution in [-0.2, 0) is 9.59 Å². The zero-order valence-corrected chi connectivity index (χ0v) is 19.6. The lowest BCUT2D eigenvalue weighted by Crippen LogP contribution is -2.24. The molecule has 11 heteroatoms. The summed E-state index contributed by atoms with van der Waals surface area (Å²) in [5, 5.41) is 12.9. The zero-order chi connectivity index (χ0) is 23.4. The molecule has 0 bridgehead atoms. The van der Waals surface area contributed by atoms with Gasteiger partial charge in [0.2, 0.25) is 16.9 Å². The first-order valence-corrected chi connectivity index (χ1v) is 11.7. The largest absolute Gasteiger partial charge is 0.492 e. The molecular weight excluding hydrogens is 490 g/mol. The number of rotatable bonds is 8. The molecule has 0 spiro atoms. The number of ether oxygens (including phenoxy) is 1. The Morgan fingerprint density at radius 1 is 1.21 bits per heavy atom. The van der Waals surface area contributed by atoms with Gasteiger partial charge in [-0.25, -0.2) is 4.39 Å². The van der Waals surface area contributed by atoms with Crippen LogP contribution in [0.5, 0.6) is 5.75 Å². The Hall–Kier alpha value is -2.75. The quantitative estimate of drug-likeness (QED) is 0.417. The first-order valence-electron chi connectivity index (χ1n) is 10.2. The molecule has 1 aliphatic heterocycles. The Bertz CT molecular complexity index is 1160. The number of hydrogen-bond donors (Lipinski definition) is 1. The molecule has 1 N–H and O–H groups in total. The van der Waals surface area contributed by atoms with Crippen molar-refractivity contribution < 1.29 is 18.7 Å². The molecule has 2 aromatic carbocycles. The standard InChI is InChI=1S/C22H19Cl2FN4O3S/c23-14-3-8-18(17(24)11-14)32-9-1-2-19(30)26-22-28-27-21(33-22)13-10-20(31)29(12-13)16-6-4-15(25)5-7-16/h3-8,11,13H,1-2,9-10,12H2,(H,26,28,30). The maximum Gasteiger partial charge on any atom is 0.227 e. The molecule has 2 amide bonds. The van der Waals surface area contributed by atoms with Gasteiger partial charge in [-0.3, -0.25) is 9.59 Å². The van der Waals surface area contributed by atoms with Crippen molar-refractivity contribution in [1.82, 2.24) is 10.2 Å². The first-order chi connectivity index (χ1) is 15.9. The monoisotopic (exact) mass is 508 g/mol. The van der Waals surface area contributed by atoms with Crippen molar-refractivity contribution in [2.24, 2.45) is 0 Å². The summed E-state index contributed by atoms with van der Waals surface area (Å²) in [6.07, 6.45) is 1.01. The number of nitrogens with zero attached hydrogens (tertiary/aromatic N) is 3. The summed E-state index contributed by atoms with van der Waals surface area (Å²) in [7, 11) is 0. The van der Waals surface area contributed by atoms with Crippen molar-refractivity contribution in [3.05, 3.63) is 63.3 Å². The molecule has 172 valence electrons. The molecule has 0 radical (unpaired) electrons. The smallest absolute Gasteiger partial charge is 0.227 e. The summed E-state index contributed by atoms with van der Waals surface area (Å²) in [5.41, 5.74) is 0.643. The minimum Gasteiger partial charge on any atom is -0.492 e. The van der Waals surface area contributed by atoms with Gasteiger partial charge in [0.25, 0.3) is 0 Å². The van der Waals surface area contributed by atoms with E-state index in [0.717, 1.165) is 0 Å². The minimum absolute atomic E-state index is 0.0619. The number of benzene rings is 2. The number of carbonyl (C=O) groups is 2. The Morgan fingerprint density at radius 2 is 2.00 bits per heavy atom. The second-order valence-electron chi connectivity index (χ2n) is 7.40. The minimum atomic E-state index is -0.355. The van der Waals surface area contributed by atoms with E-state index in [1.54, 1.807) is 35.2 Å². The molecule has 3 aromatic rings. The number of amides is 2. The van der Waals surface area contributed by atoms with E-state index in [9.17, 15) is 14.0 Å². The van der Waals surface area contributed by atoms with E-state index in [-0.39, 0.29) is 36.4 Å². The molecular formula is C22H19Cl2FN4O3S. The van der Waals surface area contributed by atoms with Gasteiger partial charge in [-0.1, -0.05) is 34.5 Å². The van der Waals surface area contributed by atoms with Gasteiger partial charge >= 0.3 is 0 Å². The highest BCUT2D eigenvalue weighted by Gasteiger charge is 2.34. The highest BCUT2D eigenvalue weighted by atomic mass is 35.5. The summed E-state index contributed by atoms with van der Waals surface area (Å²) in [4.78, 5) is 26.2. The van der Waals surface area contributed by atoms with Crippen molar-refractivity contribution >= 4 is 57.2 Å². The summed E-state index contributed by atoms with van der Waals surface area (Å²) in [6, 6.07) is 10.7. The maximum absolute atomic E-state index is 13.2. The third kappa shape index (κ3) is 5.98. The van der Waals surface area contributed by atoms with Gasteiger partial charge in [-0.15, -0.1) is 10.2 Å². The van der Waals surface area contributed by atoms with E-state index in [1.165, 1.54) is 23.5 Å². The summed E-state index contributed by atoms with van der Waals surface area (Å²) in [5.74, 6) is -0.252. The Kier molecular flexibility index (Phi) is 7.42. The normalized spacial score (nSPS) is 15.7. The van der Waals surface area contributed by atoms with Crippen LogP contribution >= 0.6 is 34.5 Å². The number of halogens is 3. The molecule has 1 fully saturated rings. The lowest BCUT2D eigenvalue weighted by atomic mass is 10.1. The van der Waals surface area contributed by atoms with Crippen molar-refractivity contribution in [2.45, 2.75) is 25.2 Å². The van der Waals surface area contributed by atoms with Crippen molar-refractivity contribution in [1.29, 1.82) is 0 Å². The SMILES string of the molecule is O=C(CCCOc1ccc(Cl)cc1Cl)Nc1nnc(C2CC(=O)N(c3ccc(F)cc3)C2)s1. The molecule has 1 aromatic heterocycles. The first kappa shape index (κ1) is 23.4. The zero-order valence-electron chi connectivity index (χ0n) is 17.3. The summed E-state index contributed by atoms with van der Waals surface area (Å²) < 4.78 is 18.7. The number of nitrogens with one attached hydrogen (secondary N) is 1. The number of carbonyl (C=O) groups excluding carboxylic acids is 2. The molecule has 33 heavy (non-hydrogen) atoms. The van der Waals surface area contributed by atoms with Gasteiger partial charge in [-0.05, 0) is 48.9 Å². The second-order valence-corrected chi connectivity index (χ2v) is 9.25. The molecule has 7 nitrogen and oxygen atoms in total. The van der Waals surface area contributed by atoms with Gasteiger partial charge in [0.05, 0.1) is 11.6 Å². The molecule has 1 atom stereocenters. The third-order valence-corrected chi connectivity index (χ3v) is 6.53. The molecule has 4 rings (SSSR count). The fourth-order valence-corrected chi connectivity index (χ4v) is 4.70. The van der Waals surface area contributed by atoms with Gasteiger partial charge in [0.1, 0.15) is 16.6 Å². The predicted molar refractivity (Wildman–Crippen MR) is 126 cm³/mol. The third-order valence-electron chi connectivity index (χ3n) is 5.00. The fourth-order valence-electron chi connectivity index (χ4n) is 3.38. The van der Waals surface area contributed by atoms with Gasteiger partial charge in [0.15, 0.2) is 0 Å². The van der Waals surface area contributed by atoms with Gasteiger partial charge in [0, 0.05) is 36.0 Å². The van der Waals surface area contributed by atoms with E-state index in [2.05, 4.69) is 15.5 Å². The Labute approximate surface area is 203 Å². The van der Waals surface area contributed by atoms with E-state index in [1.807, 2.05) is 0 Å². The van der Waals surface area contributed by atoms with E-state index < -0.39 is 0 Å². The van der Waals surface area contributed by atoms with Crippen LogP contribution in [0.1, 0.15) is 30.2 Å². The highest BCUT2D eigenvalue weighted by molar-refractivity contribution is 7.15. The summed E-state index contributed by atoms with van der Waals surface area (Å²) >= 11 is 13.2. The molecule has 0 saturated carbocycles. The molecule has 0 aliphatic carbocycles. The molecule has 1 unspecified atom stereocenters. The van der Waals surface area contributed by atoms with Crippen LogP contribution in [-0.4, -0.2) is 35.2 Å². The number of anilines is 2. The number of hydrogen-bond acceptors (Lipinski definition) is 6. The van der Waals surface area contributed by atoms with Crippen LogP contribution in [0.4, 0.5) is 15.2 Å². The van der Waals surface area contributed by atoms with Crippen LogP contribution in [0.3, 0.4) is 0 Å². The van der Waals surface area contributed by atoms with Crippen molar-refractivity contribution in [2.75, 3.05) is 23.4 Å². The van der Waals surface area contributed by atoms with Gasteiger partial charge in [-0.2, -0.15) is 0 Å². The van der Waals surface area contributed by atoms with E-state index >= 15 is 0 Å². The molecule has 1 saturated heterocycles. The molecule has 2 heterocycles.